The first-order valence-electron chi connectivity index (χ1n) is 5.50. The van der Waals surface area contributed by atoms with Gasteiger partial charge < -0.3 is 5.32 Å². The van der Waals surface area contributed by atoms with Gasteiger partial charge in [-0.3, -0.25) is 4.79 Å². The fourth-order valence-electron chi connectivity index (χ4n) is 1.70. The topological polar surface area (TPSA) is 81.1 Å². The van der Waals surface area contributed by atoms with E-state index in [9.17, 15) is 13.2 Å². The van der Waals surface area contributed by atoms with Gasteiger partial charge in [-0.15, -0.1) is 0 Å². The molecule has 0 amide bonds. The fraction of sp³-hybridized carbons (Fsp3) is 0.167. The number of rotatable bonds is 3. The van der Waals surface area contributed by atoms with E-state index in [0.29, 0.717) is 5.69 Å². The van der Waals surface area contributed by atoms with Gasteiger partial charge in [-0.1, -0.05) is 18.2 Å². The molecule has 2 rings (SSSR count). The van der Waals surface area contributed by atoms with E-state index in [1.807, 2.05) is 6.07 Å². The zero-order chi connectivity index (χ0) is 14.0. The average molecular weight is 279 g/mol. The van der Waals surface area contributed by atoms with Crippen LogP contribution in [0.4, 0.5) is 5.69 Å². The van der Waals surface area contributed by atoms with Gasteiger partial charge in [0.1, 0.15) is 10.6 Å². The van der Waals surface area contributed by atoms with Crippen molar-refractivity contribution in [1.82, 2.24) is 9.78 Å². The van der Waals surface area contributed by atoms with E-state index in [1.165, 1.54) is 13.2 Å². The van der Waals surface area contributed by atoms with Crippen LogP contribution < -0.4 is 10.9 Å². The number of hydrogen-bond acceptors (Lipinski definition) is 5. The van der Waals surface area contributed by atoms with Gasteiger partial charge >= 0.3 is 0 Å². The number of aromatic nitrogens is 2. The minimum atomic E-state index is -3.51. The predicted octanol–water partition coefficient (Wildman–Crippen LogP) is 0.678. The molecule has 0 aliphatic heterocycles. The number of hydrogen-bond donors (Lipinski definition) is 1. The third-order valence-electron chi connectivity index (χ3n) is 2.59. The number of nitrogens with zero attached hydrogens (tertiary/aromatic N) is 2. The van der Waals surface area contributed by atoms with Gasteiger partial charge in [0.2, 0.25) is 0 Å². The van der Waals surface area contributed by atoms with Gasteiger partial charge in [0.15, 0.2) is 9.84 Å². The lowest BCUT2D eigenvalue weighted by Crippen LogP contribution is -2.26. The van der Waals surface area contributed by atoms with Crippen molar-refractivity contribution in [3.05, 3.63) is 46.9 Å². The SMILES string of the molecule is CNc1c(S(C)(=O)=O)cnn(-c2ccccc2)c1=O. The summed E-state index contributed by atoms with van der Waals surface area (Å²) in [4.78, 5) is 12.1. The first-order valence-corrected chi connectivity index (χ1v) is 7.40. The molecule has 1 heterocycles. The summed E-state index contributed by atoms with van der Waals surface area (Å²) in [7, 11) is -2.00. The summed E-state index contributed by atoms with van der Waals surface area (Å²) in [6, 6.07) is 8.79. The lowest BCUT2D eigenvalue weighted by atomic mass is 10.3. The van der Waals surface area contributed by atoms with Crippen LogP contribution in [0.1, 0.15) is 0 Å². The summed E-state index contributed by atoms with van der Waals surface area (Å²) in [6.45, 7) is 0. The zero-order valence-corrected chi connectivity index (χ0v) is 11.3. The third-order valence-corrected chi connectivity index (χ3v) is 3.70. The quantitative estimate of drug-likeness (QED) is 0.893. The maximum Gasteiger partial charge on any atom is 0.296 e. The van der Waals surface area contributed by atoms with Crippen molar-refractivity contribution in [1.29, 1.82) is 0 Å². The standard InChI is InChI=1S/C12H13N3O3S/c1-13-11-10(19(2,17)18)8-14-15(12(11)16)9-6-4-3-5-7-9/h3-8,13H,1-2H3. The number of anilines is 1. The summed E-state index contributed by atoms with van der Waals surface area (Å²) >= 11 is 0. The summed E-state index contributed by atoms with van der Waals surface area (Å²) in [6.07, 6.45) is 2.21. The van der Waals surface area contributed by atoms with Crippen LogP contribution in [0.25, 0.3) is 5.69 Å². The number of sulfone groups is 1. The van der Waals surface area contributed by atoms with Crippen LogP contribution in [0.15, 0.2) is 46.2 Å². The van der Waals surface area contributed by atoms with E-state index in [-0.39, 0.29) is 10.6 Å². The van der Waals surface area contributed by atoms with Crippen LogP contribution in [-0.4, -0.2) is 31.5 Å². The molecule has 0 saturated heterocycles. The molecule has 100 valence electrons. The second-order valence-electron chi connectivity index (χ2n) is 3.96. The Morgan fingerprint density at radius 1 is 1.21 bits per heavy atom. The van der Waals surface area contributed by atoms with E-state index in [0.717, 1.165) is 10.9 Å². The fourth-order valence-corrected chi connectivity index (χ4v) is 2.50. The minimum absolute atomic E-state index is 0.0151. The van der Waals surface area contributed by atoms with Gasteiger partial charge in [-0.05, 0) is 12.1 Å². The highest BCUT2D eigenvalue weighted by molar-refractivity contribution is 7.90. The molecule has 1 aromatic carbocycles. The summed E-state index contributed by atoms with van der Waals surface area (Å²) < 4.78 is 24.3. The highest BCUT2D eigenvalue weighted by atomic mass is 32.2. The smallest absolute Gasteiger partial charge is 0.296 e. The molecule has 0 radical (unpaired) electrons. The molecule has 0 fully saturated rings. The lowest BCUT2D eigenvalue weighted by molar-refractivity contribution is 0.600. The minimum Gasteiger partial charge on any atom is -0.382 e. The first-order chi connectivity index (χ1) is 8.95. The average Bonchev–Trinajstić information content (AvgIpc) is 2.38. The van der Waals surface area contributed by atoms with Gasteiger partial charge in [-0.25, -0.2) is 8.42 Å². The first kappa shape index (κ1) is 13.3. The van der Waals surface area contributed by atoms with E-state index < -0.39 is 15.4 Å². The number of benzene rings is 1. The highest BCUT2D eigenvalue weighted by Gasteiger charge is 2.18. The molecule has 0 aliphatic carbocycles. The number of nitrogens with one attached hydrogen (secondary N) is 1. The zero-order valence-electron chi connectivity index (χ0n) is 10.5. The molecule has 0 unspecified atom stereocenters. The normalized spacial score (nSPS) is 11.3. The maximum absolute atomic E-state index is 12.2. The molecular formula is C12H13N3O3S. The van der Waals surface area contributed by atoms with Crippen LogP contribution in [0.3, 0.4) is 0 Å². The Morgan fingerprint density at radius 2 is 1.84 bits per heavy atom. The Kier molecular flexibility index (Phi) is 3.39. The van der Waals surface area contributed by atoms with Crippen molar-refractivity contribution in [3.8, 4) is 5.69 Å². The van der Waals surface area contributed by atoms with E-state index in [1.54, 1.807) is 24.3 Å². The summed E-state index contributed by atoms with van der Waals surface area (Å²) in [5, 5.41) is 6.54. The van der Waals surface area contributed by atoms with E-state index in [2.05, 4.69) is 10.4 Å². The van der Waals surface area contributed by atoms with Crippen LogP contribution in [0.5, 0.6) is 0 Å². The monoisotopic (exact) mass is 279 g/mol. The molecule has 1 aromatic heterocycles. The largest absolute Gasteiger partial charge is 0.382 e. The molecule has 2 aromatic rings. The second-order valence-corrected chi connectivity index (χ2v) is 5.94. The third kappa shape index (κ3) is 2.50. The Hall–Kier alpha value is -2.15. The van der Waals surface area contributed by atoms with Crippen molar-refractivity contribution in [2.45, 2.75) is 4.90 Å². The highest BCUT2D eigenvalue weighted by Crippen LogP contribution is 2.15. The van der Waals surface area contributed by atoms with Gasteiger partial charge in [0.25, 0.3) is 5.56 Å². The van der Waals surface area contributed by atoms with Gasteiger partial charge in [-0.2, -0.15) is 9.78 Å². The van der Waals surface area contributed by atoms with Crippen molar-refractivity contribution in [2.75, 3.05) is 18.6 Å². The van der Waals surface area contributed by atoms with Gasteiger partial charge in [0, 0.05) is 13.3 Å². The summed E-state index contributed by atoms with van der Waals surface area (Å²) in [5.74, 6) is 0. The number of para-hydroxylation sites is 1. The Balaban J connectivity index is 2.73. The molecule has 0 atom stereocenters. The Morgan fingerprint density at radius 3 is 2.37 bits per heavy atom. The molecule has 0 aliphatic rings. The molecule has 0 saturated carbocycles. The molecule has 7 heteroatoms. The van der Waals surface area contributed by atoms with E-state index >= 15 is 0 Å². The Bertz CT molecular complexity index is 752. The van der Waals surface area contributed by atoms with Crippen molar-refractivity contribution < 1.29 is 8.42 Å². The Labute approximate surface area is 110 Å². The van der Waals surface area contributed by atoms with Crippen molar-refractivity contribution in [3.63, 3.8) is 0 Å². The molecule has 0 spiro atoms. The lowest BCUT2D eigenvalue weighted by Gasteiger charge is -2.10. The molecule has 0 bridgehead atoms. The second kappa shape index (κ2) is 4.85. The maximum atomic E-state index is 12.2. The van der Waals surface area contributed by atoms with Crippen molar-refractivity contribution >= 4 is 15.5 Å². The molecule has 6 nitrogen and oxygen atoms in total. The molecule has 1 N–H and O–H groups in total. The predicted molar refractivity (Wildman–Crippen MR) is 72.5 cm³/mol. The summed E-state index contributed by atoms with van der Waals surface area (Å²) in [5.41, 5.74) is 0.0852. The van der Waals surface area contributed by atoms with Crippen LogP contribution in [0, 0.1) is 0 Å². The van der Waals surface area contributed by atoms with Crippen LogP contribution >= 0.6 is 0 Å². The van der Waals surface area contributed by atoms with Crippen LogP contribution in [0.2, 0.25) is 0 Å². The van der Waals surface area contributed by atoms with E-state index in [4.69, 9.17) is 0 Å². The van der Waals surface area contributed by atoms with Crippen LogP contribution in [-0.2, 0) is 9.84 Å². The molecule has 19 heavy (non-hydrogen) atoms. The van der Waals surface area contributed by atoms with Crippen molar-refractivity contribution in [2.24, 2.45) is 0 Å². The van der Waals surface area contributed by atoms with Gasteiger partial charge in [0.05, 0.1) is 11.9 Å². The molecular weight excluding hydrogens is 266 g/mol.